The second-order valence-corrected chi connectivity index (χ2v) is 4.87. The summed E-state index contributed by atoms with van der Waals surface area (Å²) in [7, 11) is 0. The van der Waals surface area contributed by atoms with Gasteiger partial charge in [0.05, 0.1) is 17.1 Å². The number of imidazole rings is 1. The average Bonchev–Trinajstić information content (AvgIpc) is 2.80. The van der Waals surface area contributed by atoms with Gasteiger partial charge in [-0.2, -0.15) is 0 Å². The number of fused-ring (bicyclic) bond motifs is 1. The minimum Gasteiger partial charge on any atom is -0.378 e. The third-order valence-corrected chi connectivity index (χ3v) is 3.32. The monoisotopic (exact) mass is 289 g/mol. The summed E-state index contributed by atoms with van der Waals surface area (Å²) in [5, 5.41) is 3.09. The highest BCUT2D eigenvalue weighted by atomic mass is 19.1. The molecule has 0 aliphatic heterocycles. The molecule has 0 fully saturated rings. The van der Waals surface area contributed by atoms with Gasteiger partial charge in [-0.25, -0.2) is 13.6 Å². The summed E-state index contributed by atoms with van der Waals surface area (Å²) in [4.78, 5) is 16.5. The lowest BCUT2D eigenvalue weighted by Gasteiger charge is -2.16. The summed E-state index contributed by atoms with van der Waals surface area (Å²) in [6, 6.07) is 8.19. The Morgan fingerprint density at radius 3 is 2.62 bits per heavy atom. The number of rotatable bonds is 3. The largest absolute Gasteiger partial charge is 0.378 e. The lowest BCUT2D eigenvalue weighted by atomic mass is 10.1. The Labute approximate surface area is 118 Å². The number of H-pyrrole nitrogens is 2. The number of benzene rings is 2. The van der Waals surface area contributed by atoms with Crippen LogP contribution in [0, 0.1) is 11.6 Å². The van der Waals surface area contributed by atoms with Gasteiger partial charge in [0.15, 0.2) is 0 Å². The van der Waals surface area contributed by atoms with Gasteiger partial charge in [-0.3, -0.25) is 0 Å². The molecule has 1 aromatic heterocycles. The van der Waals surface area contributed by atoms with Crippen molar-refractivity contribution < 1.29 is 8.78 Å². The van der Waals surface area contributed by atoms with E-state index in [1.807, 2.05) is 0 Å². The minimum absolute atomic E-state index is 0.248. The van der Waals surface area contributed by atoms with Crippen molar-refractivity contribution in [3.05, 3.63) is 64.1 Å². The lowest BCUT2D eigenvalue weighted by molar-refractivity contribution is 0.577. The summed E-state index contributed by atoms with van der Waals surface area (Å²) < 4.78 is 26.9. The van der Waals surface area contributed by atoms with Crippen molar-refractivity contribution >= 4 is 16.7 Å². The molecule has 0 saturated heterocycles. The van der Waals surface area contributed by atoms with Gasteiger partial charge in [0.1, 0.15) is 11.6 Å². The Morgan fingerprint density at radius 1 is 1.05 bits per heavy atom. The third-order valence-electron chi connectivity index (χ3n) is 3.32. The lowest BCUT2D eigenvalue weighted by Crippen LogP contribution is -2.09. The fourth-order valence-corrected chi connectivity index (χ4v) is 2.30. The van der Waals surface area contributed by atoms with E-state index in [0.717, 1.165) is 12.1 Å². The molecule has 6 heteroatoms. The van der Waals surface area contributed by atoms with Crippen molar-refractivity contribution in [3.63, 3.8) is 0 Å². The van der Waals surface area contributed by atoms with Gasteiger partial charge in [-0.05, 0) is 43.3 Å². The normalized spacial score (nSPS) is 12.5. The van der Waals surface area contributed by atoms with Gasteiger partial charge in [0.25, 0.3) is 0 Å². The molecule has 0 aliphatic rings. The van der Waals surface area contributed by atoms with Crippen molar-refractivity contribution in [1.82, 2.24) is 9.97 Å². The van der Waals surface area contributed by atoms with Crippen LogP contribution in [-0.2, 0) is 0 Å². The fourth-order valence-electron chi connectivity index (χ4n) is 2.30. The smallest absolute Gasteiger partial charge is 0.323 e. The molecule has 4 nitrogen and oxygen atoms in total. The number of aromatic amines is 2. The summed E-state index contributed by atoms with van der Waals surface area (Å²) in [6.45, 7) is 1.74. The predicted molar refractivity (Wildman–Crippen MR) is 77.3 cm³/mol. The van der Waals surface area contributed by atoms with Crippen LogP contribution >= 0.6 is 0 Å². The molecule has 1 heterocycles. The molecule has 21 heavy (non-hydrogen) atoms. The first-order chi connectivity index (χ1) is 10.0. The molecule has 108 valence electrons. The SMILES string of the molecule is CC(Nc1ccc2[nH]c(=O)[nH]c2c1)c1cc(F)ccc1F. The number of nitrogens with one attached hydrogen (secondary N) is 3. The van der Waals surface area contributed by atoms with E-state index >= 15 is 0 Å². The maximum absolute atomic E-state index is 13.7. The molecule has 0 amide bonds. The Kier molecular flexibility index (Phi) is 3.21. The molecular weight excluding hydrogens is 276 g/mol. The van der Waals surface area contributed by atoms with Crippen LogP contribution in [0.4, 0.5) is 14.5 Å². The predicted octanol–water partition coefficient (Wildman–Crippen LogP) is 3.31. The van der Waals surface area contributed by atoms with E-state index in [-0.39, 0.29) is 11.3 Å². The first-order valence-electron chi connectivity index (χ1n) is 6.46. The van der Waals surface area contributed by atoms with Gasteiger partial charge < -0.3 is 15.3 Å². The summed E-state index contributed by atoms with van der Waals surface area (Å²) in [5.74, 6) is -0.946. The maximum atomic E-state index is 13.7. The van der Waals surface area contributed by atoms with E-state index in [9.17, 15) is 13.6 Å². The molecule has 1 atom stereocenters. The van der Waals surface area contributed by atoms with Crippen LogP contribution in [0.2, 0.25) is 0 Å². The number of hydrogen-bond donors (Lipinski definition) is 3. The van der Waals surface area contributed by atoms with Crippen LogP contribution in [-0.4, -0.2) is 9.97 Å². The van der Waals surface area contributed by atoms with Gasteiger partial charge in [0, 0.05) is 11.3 Å². The van der Waals surface area contributed by atoms with Gasteiger partial charge >= 0.3 is 5.69 Å². The standard InChI is InChI=1S/C15H13F2N3O/c1-8(11-6-9(16)2-4-12(11)17)18-10-3-5-13-14(7-10)20-15(21)19-13/h2-8,18H,1H3,(H2,19,20,21). The zero-order valence-corrected chi connectivity index (χ0v) is 11.2. The van der Waals surface area contributed by atoms with Crippen molar-refractivity contribution in [2.24, 2.45) is 0 Å². The van der Waals surface area contributed by atoms with Gasteiger partial charge in [0.2, 0.25) is 0 Å². The van der Waals surface area contributed by atoms with Gasteiger partial charge in [-0.1, -0.05) is 0 Å². The maximum Gasteiger partial charge on any atom is 0.323 e. The van der Waals surface area contributed by atoms with Crippen molar-refractivity contribution in [3.8, 4) is 0 Å². The highest BCUT2D eigenvalue weighted by Crippen LogP contribution is 2.24. The van der Waals surface area contributed by atoms with E-state index in [0.29, 0.717) is 16.7 Å². The fraction of sp³-hybridized carbons (Fsp3) is 0.133. The first kappa shape index (κ1) is 13.4. The van der Waals surface area contributed by atoms with E-state index in [2.05, 4.69) is 15.3 Å². The van der Waals surface area contributed by atoms with Crippen LogP contribution in [0.3, 0.4) is 0 Å². The topological polar surface area (TPSA) is 60.7 Å². The first-order valence-corrected chi connectivity index (χ1v) is 6.46. The zero-order valence-electron chi connectivity index (χ0n) is 11.2. The van der Waals surface area contributed by atoms with Gasteiger partial charge in [-0.15, -0.1) is 0 Å². The second-order valence-electron chi connectivity index (χ2n) is 4.87. The van der Waals surface area contributed by atoms with Crippen LogP contribution < -0.4 is 11.0 Å². The number of anilines is 1. The van der Waals surface area contributed by atoms with Crippen molar-refractivity contribution in [2.75, 3.05) is 5.32 Å². The van der Waals surface area contributed by atoms with Crippen LogP contribution in [0.15, 0.2) is 41.2 Å². The van der Waals surface area contributed by atoms with Crippen molar-refractivity contribution in [1.29, 1.82) is 0 Å². The molecule has 3 N–H and O–H groups in total. The molecule has 1 unspecified atom stereocenters. The van der Waals surface area contributed by atoms with E-state index in [4.69, 9.17) is 0 Å². The van der Waals surface area contributed by atoms with E-state index in [1.165, 1.54) is 6.07 Å². The Balaban J connectivity index is 1.90. The van der Waals surface area contributed by atoms with Crippen LogP contribution in [0.25, 0.3) is 11.0 Å². The number of hydrogen-bond acceptors (Lipinski definition) is 2. The van der Waals surface area contributed by atoms with E-state index in [1.54, 1.807) is 25.1 Å². The summed E-state index contributed by atoms with van der Waals surface area (Å²) in [6.07, 6.45) is 0. The third kappa shape index (κ3) is 2.65. The molecule has 0 spiro atoms. The summed E-state index contributed by atoms with van der Waals surface area (Å²) in [5.41, 5.74) is 2.00. The van der Waals surface area contributed by atoms with E-state index < -0.39 is 17.7 Å². The zero-order chi connectivity index (χ0) is 15.0. The van der Waals surface area contributed by atoms with Crippen LogP contribution in [0.5, 0.6) is 0 Å². The molecule has 2 aromatic carbocycles. The second kappa shape index (κ2) is 5.05. The Hall–Kier alpha value is -2.63. The molecular formula is C15H13F2N3O. The molecule has 3 rings (SSSR count). The molecule has 0 bridgehead atoms. The van der Waals surface area contributed by atoms with Crippen molar-refractivity contribution in [2.45, 2.75) is 13.0 Å². The number of halogens is 2. The quantitative estimate of drug-likeness (QED) is 0.692. The highest BCUT2D eigenvalue weighted by Gasteiger charge is 2.12. The summed E-state index contributed by atoms with van der Waals surface area (Å²) >= 11 is 0. The molecule has 0 aliphatic carbocycles. The average molecular weight is 289 g/mol. The number of aromatic nitrogens is 2. The highest BCUT2D eigenvalue weighted by molar-refractivity contribution is 5.78. The minimum atomic E-state index is -0.481. The molecule has 0 radical (unpaired) electrons. The Bertz CT molecular complexity index is 853. The van der Waals surface area contributed by atoms with Crippen LogP contribution in [0.1, 0.15) is 18.5 Å². The molecule has 0 saturated carbocycles. The Morgan fingerprint density at radius 2 is 1.81 bits per heavy atom. The molecule has 3 aromatic rings.